The molecule has 1 atom stereocenters. The molecule has 33 heavy (non-hydrogen) atoms. The van der Waals surface area contributed by atoms with Crippen LogP contribution in [0, 0.1) is 29.2 Å². The summed E-state index contributed by atoms with van der Waals surface area (Å²) in [6, 6.07) is 4.86. The first-order chi connectivity index (χ1) is 15.7. The van der Waals surface area contributed by atoms with Gasteiger partial charge in [0.05, 0.1) is 13.0 Å². The van der Waals surface area contributed by atoms with Crippen molar-refractivity contribution in [2.45, 2.75) is 50.8 Å². The summed E-state index contributed by atoms with van der Waals surface area (Å²) in [5.74, 6) is -5.64. The molecule has 0 heterocycles. The number of hydrogen-bond donors (Lipinski definition) is 1. The highest BCUT2D eigenvalue weighted by molar-refractivity contribution is 7.99. The number of hydrogen-bond acceptors (Lipinski definition) is 4. The van der Waals surface area contributed by atoms with Gasteiger partial charge in [-0.15, -0.1) is 11.8 Å². The minimum Gasteiger partial charge on any atom is -0.465 e. The van der Waals surface area contributed by atoms with Gasteiger partial charge in [-0.3, -0.25) is 9.59 Å². The van der Waals surface area contributed by atoms with E-state index >= 15 is 0 Å². The molecule has 2 rings (SSSR count). The molecule has 0 aromatic heterocycles. The van der Waals surface area contributed by atoms with Crippen molar-refractivity contribution < 1.29 is 31.9 Å². The molecule has 1 amide bonds. The molecule has 2 aromatic rings. The Morgan fingerprint density at radius 1 is 1.03 bits per heavy atom. The van der Waals surface area contributed by atoms with Crippen LogP contribution in [0.25, 0.3) is 0 Å². The van der Waals surface area contributed by atoms with Crippen LogP contribution >= 0.6 is 11.8 Å². The van der Waals surface area contributed by atoms with E-state index in [4.69, 9.17) is 4.74 Å². The average Bonchev–Trinajstić information content (AvgIpc) is 2.78. The van der Waals surface area contributed by atoms with Gasteiger partial charge in [0.2, 0.25) is 0 Å². The van der Waals surface area contributed by atoms with Gasteiger partial charge in [-0.05, 0) is 30.5 Å². The van der Waals surface area contributed by atoms with Crippen molar-refractivity contribution in [2.75, 3.05) is 17.7 Å². The fourth-order valence-corrected chi connectivity index (χ4v) is 3.92. The molecule has 1 unspecified atom stereocenters. The van der Waals surface area contributed by atoms with Gasteiger partial charge in [-0.1, -0.05) is 33.1 Å². The number of nitrogens with one attached hydrogen (secondary N) is 1. The molecule has 0 fully saturated rings. The zero-order chi connectivity index (χ0) is 24.4. The number of esters is 1. The summed E-state index contributed by atoms with van der Waals surface area (Å²) in [5, 5.41) is 2.24. The van der Waals surface area contributed by atoms with Gasteiger partial charge >= 0.3 is 5.97 Å². The summed E-state index contributed by atoms with van der Waals surface area (Å²) in [7, 11) is 0. The van der Waals surface area contributed by atoms with E-state index < -0.39 is 29.2 Å². The van der Waals surface area contributed by atoms with Gasteiger partial charge in [-0.2, -0.15) is 0 Å². The van der Waals surface area contributed by atoms with Crippen LogP contribution in [0.1, 0.15) is 56.3 Å². The normalized spacial score (nSPS) is 11.8. The Bertz CT molecular complexity index is 948. The summed E-state index contributed by atoms with van der Waals surface area (Å²) < 4.78 is 59.2. The number of unbranched alkanes of at least 4 members (excludes halogenated alkanes) is 1. The van der Waals surface area contributed by atoms with Crippen LogP contribution in [0.15, 0.2) is 35.2 Å². The second kappa shape index (κ2) is 13.2. The van der Waals surface area contributed by atoms with Crippen molar-refractivity contribution in [3.05, 3.63) is 59.2 Å². The maximum absolute atomic E-state index is 14.1. The molecule has 0 radical (unpaired) electrons. The zero-order valence-corrected chi connectivity index (χ0v) is 19.4. The number of anilines is 1. The summed E-state index contributed by atoms with van der Waals surface area (Å²) in [6.07, 6.45) is 4.19. The third kappa shape index (κ3) is 8.38. The van der Waals surface area contributed by atoms with Crippen molar-refractivity contribution in [3.63, 3.8) is 0 Å². The maximum Gasteiger partial charge on any atom is 0.306 e. The van der Waals surface area contributed by atoms with Crippen LogP contribution in [0.3, 0.4) is 0 Å². The minimum absolute atomic E-state index is 0.0355. The molecule has 0 saturated carbocycles. The molecular weight excluding hydrogens is 458 g/mol. The summed E-state index contributed by atoms with van der Waals surface area (Å²) in [5.41, 5.74) is -0.240. The third-order valence-corrected chi connectivity index (χ3v) is 6.05. The van der Waals surface area contributed by atoms with Crippen LogP contribution in [-0.2, 0) is 9.53 Å². The van der Waals surface area contributed by atoms with Crippen LogP contribution in [0.4, 0.5) is 23.2 Å². The van der Waals surface area contributed by atoms with Gasteiger partial charge in [0, 0.05) is 34.0 Å². The van der Waals surface area contributed by atoms with E-state index in [9.17, 15) is 27.2 Å². The number of carbonyl (C=O) groups excluding carboxylic acids is 2. The Morgan fingerprint density at radius 3 is 2.36 bits per heavy atom. The quantitative estimate of drug-likeness (QED) is 0.157. The number of ether oxygens (including phenoxy) is 1. The second-order valence-electron chi connectivity index (χ2n) is 7.55. The Morgan fingerprint density at radius 2 is 1.73 bits per heavy atom. The van der Waals surface area contributed by atoms with Gasteiger partial charge in [0.1, 0.15) is 5.82 Å². The molecule has 0 saturated heterocycles. The molecule has 4 nitrogen and oxygen atoms in total. The fourth-order valence-electron chi connectivity index (χ4n) is 3.01. The van der Waals surface area contributed by atoms with Crippen molar-refractivity contribution in [1.82, 2.24) is 0 Å². The first kappa shape index (κ1) is 26.7. The molecule has 0 aliphatic rings. The van der Waals surface area contributed by atoms with Crippen molar-refractivity contribution in [2.24, 2.45) is 5.92 Å². The number of carbonyl (C=O) groups is 2. The zero-order valence-electron chi connectivity index (χ0n) is 18.6. The van der Waals surface area contributed by atoms with Gasteiger partial charge in [0.15, 0.2) is 17.5 Å². The maximum atomic E-state index is 14.1. The Kier molecular flexibility index (Phi) is 10.7. The first-order valence-corrected chi connectivity index (χ1v) is 11.8. The summed E-state index contributed by atoms with van der Waals surface area (Å²) in [4.78, 5) is 24.5. The van der Waals surface area contributed by atoms with E-state index in [-0.39, 0.29) is 34.3 Å². The SMILES string of the molecule is CCCCC(CC)COC(=O)CCSc1cc(C(=O)Nc2cc(F)c(F)c(F)c2)ccc1F. The Balaban J connectivity index is 1.90. The number of amides is 1. The van der Waals surface area contributed by atoms with Crippen LogP contribution in [0.2, 0.25) is 0 Å². The highest BCUT2D eigenvalue weighted by Gasteiger charge is 2.15. The Hall–Kier alpha value is -2.55. The van der Waals surface area contributed by atoms with Gasteiger partial charge < -0.3 is 10.1 Å². The number of benzene rings is 2. The predicted molar refractivity (Wildman–Crippen MR) is 120 cm³/mol. The fraction of sp³-hybridized carbons (Fsp3) is 0.417. The topological polar surface area (TPSA) is 55.4 Å². The molecule has 0 aliphatic heterocycles. The lowest BCUT2D eigenvalue weighted by atomic mass is 10.0. The van der Waals surface area contributed by atoms with Crippen molar-refractivity contribution >= 4 is 29.3 Å². The van der Waals surface area contributed by atoms with E-state index in [1.807, 2.05) is 0 Å². The Labute approximate surface area is 195 Å². The van der Waals surface area contributed by atoms with Gasteiger partial charge in [-0.25, -0.2) is 17.6 Å². The largest absolute Gasteiger partial charge is 0.465 e. The molecule has 0 bridgehead atoms. The smallest absolute Gasteiger partial charge is 0.306 e. The molecule has 9 heteroatoms. The molecule has 0 aliphatic carbocycles. The van der Waals surface area contributed by atoms with Crippen molar-refractivity contribution in [3.8, 4) is 0 Å². The summed E-state index contributed by atoms with van der Waals surface area (Å²) in [6.45, 7) is 4.53. The monoisotopic (exact) mass is 485 g/mol. The highest BCUT2D eigenvalue weighted by atomic mass is 32.2. The molecule has 1 N–H and O–H groups in total. The first-order valence-electron chi connectivity index (χ1n) is 10.8. The molecule has 2 aromatic carbocycles. The predicted octanol–water partition coefficient (Wildman–Crippen LogP) is 6.74. The lowest BCUT2D eigenvalue weighted by Gasteiger charge is -2.14. The van der Waals surface area contributed by atoms with E-state index in [1.54, 1.807) is 0 Å². The third-order valence-electron chi connectivity index (χ3n) is 5.02. The van der Waals surface area contributed by atoms with Crippen molar-refractivity contribution in [1.29, 1.82) is 0 Å². The standard InChI is InChI=1S/C24H27F4NO3S/c1-3-5-6-15(4-2)14-32-22(30)9-10-33-21-11-16(7-8-18(21)25)24(31)29-17-12-19(26)23(28)20(27)13-17/h7-8,11-13,15H,3-6,9-10,14H2,1-2H3,(H,29,31). The lowest BCUT2D eigenvalue weighted by Crippen LogP contribution is -2.14. The van der Waals surface area contributed by atoms with Crippen LogP contribution in [-0.4, -0.2) is 24.2 Å². The van der Waals surface area contributed by atoms with Crippen LogP contribution in [0.5, 0.6) is 0 Å². The number of halogens is 4. The molecular formula is C24H27F4NO3S. The lowest BCUT2D eigenvalue weighted by molar-refractivity contribution is -0.144. The number of rotatable bonds is 12. The van der Waals surface area contributed by atoms with Crippen LogP contribution < -0.4 is 5.32 Å². The van der Waals surface area contributed by atoms with E-state index in [0.29, 0.717) is 24.7 Å². The molecule has 0 spiro atoms. The highest BCUT2D eigenvalue weighted by Crippen LogP contribution is 2.25. The second-order valence-corrected chi connectivity index (χ2v) is 8.69. The van der Waals surface area contributed by atoms with E-state index in [1.165, 1.54) is 12.1 Å². The number of thioether (sulfide) groups is 1. The molecule has 180 valence electrons. The summed E-state index contributed by atoms with van der Waals surface area (Å²) >= 11 is 1.05. The van der Waals surface area contributed by atoms with Gasteiger partial charge in [0.25, 0.3) is 5.91 Å². The minimum atomic E-state index is -1.64. The van der Waals surface area contributed by atoms with E-state index in [0.717, 1.165) is 43.5 Å². The van der Waals surface area contributed by atoms with E-state index in [2.05, 4.69) is 19.2 Å². The average molecular weight is 486 g/mol.